The molecule has 0 spiro atoms. The fraction of sp³-hybridized carbons (Fsp3) is 0.500. The smallest absolute Gasteiger partial charge is 0.234 e. The van der Waals surface area contributed by atoms with Gasteiger partial charge in [-0.15, -0.1) is 0 Å². The standard InChI is InChI=1S/C14H18N4OS2/c1-10-7-11(2)18-8-12(16-13(18)15-10)9-21-14(20)17-3-5-19-6-4-17/h7-8H,3-6,9H2,1-2H3. The van der Waals surface area contributed by atoms with Crippen LogP contribution < -0.4 is 0 Å². The molecule has 5 nitrogen and oxygen atoms in total. The minimum Gasteiger partial charge on any atom is -0.378 e. The van der Waals surface area contributed by atoms with Crippen LogP contribution in [0.5, 0.6) is 0 Å². The molecule has 2 aromatic heterocycles. The molecule has 0 saturated carbocycles. The van der Waals surface area contributed by atoms with Gasteiger partial charge in [-0.05, 0) is 19.9 Å². The topological polar surface area (TPSA) is 42.7 Å². The molecule has 3 rings (SSSR count). The van der Waals surface area contributed by atoms with Crippen LogP contribution >= 0.6 is 24.0 Å². The van der Waals surface area contributed by atoms with E-state index >= 15 is 0 Å². The summed E-state index contributed by atoms with van der Waals surface area (Å²) in [6.45, 7) is 7.35. The molecule has 112 valence electrons. The largest absolute Gasteiger partial charge is 0.378 e. The molecule has 0 atom stereocenters. The van der Waals surface area contributed by atoms with Gasteiger partial charge in [0.2, 0.25) is 5.78 Å². The van der Waals surface area contributed by atoms with Gasteiger partial charge in [-0.3, -0.25) is 4.40 Å². The molecule has 1 fully saturated rings. The monoisotopic (exact) mass is 322 g/mol. The molecule has 2 aromatic rings. The second kappa shape index (κ2) is 6.29. The summed E-state index contributed by atoms with van der Waals surface area (Å²) in [4.78, 5) is 11.2. The maximum absolute atomic E-state index is 5.48. The van der Waals surface area contributed by atoms with Gasteiger partial charge in [-0.1, -0.05) is 24.0 Å². The summed E-state index contributed by atoms with van der Waals surface area (Å²) in [6, 6.07) is 2.06. The Bertz CT molecular complexity index is 664. The zero-order valence-electron chi connectivity index (χ0n) is 12.2. The van der Waals surface area contributed by atoms with E-state index in [4.69, 9.17) is 17.0 Å². The van der Waals surface area contributed by atoms with Gasteiger partial charge in [0.1, 0.15) is 4.32 Å². The molecule has 21 heavy (non-hydrogen) atoms. The number of aromatic nitrogens is 3. The van der Waals surface area contributed by atoms with Crippen LogP contribution in [0.25, 0.3) is 5.78 Å². The molecule has 0 radical (unpaired) electrons. The Morgan fingerprint density at radius 2 is 2.10 bits per heavy atom. The Morgan fingerprint density at radius 1 is 1.33 bits per heavy atom. The van der Waals surface area contributed by atoms with E-state index in [0.29, 0.717) is 0 Å². The summed E-state index contributed by atoms with van der Waals surface area (Å²) >= 11 is 7.14. The van der Waals surface area contributed by atoms with Gasteiger partial charge in [0, 0.05) is 36.4 Å². The molecule has 1 saturated heterocycles. The Kier molecular flexibility index (Phi) is 4.42. The summed E-state index contributed by atoms with van der Waals surface area (Å²) in [5.41, 5.74) is 3.16. The number of morpholine rings is 1. The number of rotatable bonds is 2. The third-order valence-electron chi connectivity index (χ3n) is 3.42. The van der Waals surface area contributed by atoms with Gasteiger partial charge in [0.25, 0.3) is 0 Å². The van der Waals surface area contributed by atoms with Crippen molar-refractivity contribution in [1.82, 2.24) is 19.3 Å². The van der Waals surface area contributed by atoms with Crippen LogP contribution in [0.1, 0.15) is 17.1 Å². The van der Waals surface area contributed by atoms with E-state index in [0.717, 1.165) is 59.2 Å². The summed E-state index contributed by atoms with van der Waals surface area (Å²) < 4.78 is 8.30. The predicted molar refractivity (Wildman–Crippen MR) is 88.7 cm³/mol. The molecule has 1 aliphatic heterocycles. The molecular weight excluding hydrogens is 304 g/mol. The first-order valence-electron chi connectivity index (χ1n) is 6.95. The van der Waals surface area contributed by atoms with E-state index in [9.17, 15) is 0 Å². The lowest BCUT2D eigenvalue weighted by Gasteiger charge is -2.28. The lowest BCUT2D eigenvalue weighted by atomic mass is 10.3. The third-order valence-corrected chi connectivity index (χ3v) is 4.98. The van der Waals surface area contributed by atoms with E-state index in [1.165, 1.54) is 0 Å². The van der Waals surface area contributed by atoms with Crippen LogP contribution in [0.2, 0.25) is 0 Å². The average Bonchev–Trinajstić information content (AvgIpc) is 2.89. The second-order valence-electron chi connectivity index (χ2n) is 5.10. The lowest BCUT2D eigenvalue weighted by molar-refractivity contribution is 0.0702. The fourth-order valence-corrected chi connectivity index (χ4v) is 3.50. The number of fused-ring (bicyclic) bond motifs is 1. The van der Waals surface area contributed by atoms with Gasteiger partial charge in [0.05, 0.1) is 18.9 Å². The highest BCUT2D eigenvalue weighted by atomic mass is 32.2. The molecule has 0 amide bonds. The van der Waals surface area contributed by atoms with Crippen LogP contribution in [0.4, 0.5) is 0 Å². The molecular formula is C14H18N4OS2. The van der Waals surface area contributed by atoms with Crippen molar-refractivity contribution in [3.63, 3.8) is 0 Å². The first-order chi connectivity index (χ1) is 10.1. The van der Waals surface area contributed by atoms with Crippen LogP contribution in [-0.4, -0.2) is 49.9 Å². The number of aryl methyl sites for hydroxylation is 2. The van der Waals surface area contributed by atoms with Gasteiger partial charge < -0.3 is 9.64 Å². The Hall–Kier alpha value is -1.18. The van der Waals surface area contributed by atoms with Crippen molar-refractivity contribution in [2.45, 2.75) is 19.6 Å². The highest BCUT2D eigenvalue weighted by Gasteiger charge is 2.15. The SMILES string of the molecule is Cc1cc(C)n2cc(CSC(=S)N3CCOCC3)nc2n1. The fourth-order valence-electron chi connectivity index (χ4n) is 2.36. The van der Waals surface area contributed by atoms with Crippen molar-refractivity contribution >= 4 is 34.1 Å². The van der Waals surface area contributed by atoms with Crippen LogP contribution in [0.3, 0.4) is 0 Å². The molecule has 3 heterocycles. The van der Waals surface area contributed by atoms with Gasteiger partial charge >= 0.3 is 0 Å². The van der Waals surface area contributed by atoms with Crippen molar-refractivity contribution in [2.24, 2.45) is 0 Å². The lowest BCUT2D eigenvalue weighted by Crippen LogP contribution is -2.38. The Balaban J connectivity index is 1.67. The predicted octanol–water partition coefficient (Wildman–Crippen LogP) is 2.20. The minimum atomic E-state index is 0.761. The number of thiocarbonyl (C=S) groups is 1. The summed E-state index contributed by atoms with van der Waals surface area (Å²) in [6.07, 6.45) is 2.05. The van der Waals surface area contributed by atoms with Crippen molar-refractivity contribution in [3.8, 4) is 0 Å². The highest BCUT2D eigenvalue weighted by Crippen LogP contribution is 2.18. The third kappa shape index (κ3) is 3.36. The van der Waals surface area contributed by atoms with E-state index in [2.05, 4.69) is 27.9 Å². The zero-order chi connectivity index (χ0) is 14.8. The van der Waals surface area contributed by atoms with Crippen LogP contribution in [-0.2, 0) is 10.5 Å². The molecule has 0 N–H and O–H groups in total. The van der Waals surface area contributed by atoms with Crippen molar-refractivity contribution in [1.29, 1.82) is 0 Å². The van der Waals surface area contributed by atoms with Gasteiger partial charge in [-0.2, -0.15) is 0 Å². The van der Waals surface area contributed by atoms with Gasteiger partial charge in [-0.25, -0.2) is 9.97 Å². The molecule has 7 heteroatoms. The first-order valence-corrected chi connectivity index (χ1v) is 8.34. The first kappa shape index (κ1) is 14.7. The van der Waals surface area contributed by atoms with E-state index in [1.54, 1.807) is 11.8 Å². The second-order valence-corrected chi connectivity index (χ2v) is 6.70. The normalized spacial score (nSPS) is 15.6. The van der Waals surface area contributed by atoms with Crippen molar-refractivity contribution in [2.75, 3.05) is 26.3 Å². The summed E-state index contributed by atoms with van der Waals surface area (Å²) in [5.74, 6) is 1.54. The minimum absolute atomic E-state index is 0.761. The molecule has 0 aliphatic carbocycles. The number of thioether (sulfide) groups is 1. The summed E-state index contributed by atoms with van der Waals surface area (Å²) in [5, 5.41) is 0. The van der Waals surface area contributed by atoms with E-state index in [-0.39, 0.29) is 0 Å². The van der Waals surface area contributed by atoms with Crippen LogP contribution in [0.15, 0.2) is 12.3 Å². The molecule has 0 bridgehead atoms. The van der Waals surface area contributed by atoms with Crippen molar-refractivity contribution < 1.29 is 4.74 Å². The Morgan fingerprint density at radius 3 is 2.86 bits per heavy atom. The molecule has 1 aliphatic rings. The Labute approximate surface area is 133 Å². The maximum Gasteiger partial charge on any atom is 0.234 e. The number of hydrogen-bond acceptors (Lipinski definition) is 5. The summed E-state index contributed by atoms with van der Waals surface area (Å²) in [7, 11) is 0. The quantitative estimate of drug-likeness (QED) is 0.790. The van der Waals surface area contributed by atoms with E-state index < -0.39 is 0 Å². The van der Waals surface area contributed by atoms with Crippen molar-refractivity contribution in [3.05, 3.63) is 29.3 Å². The molecule has 0 aromatic carbocycles. The average molecular weight is 322 g/mol. The maximum atomic E-state index is 5.48. The number of nitrogens with zero attached hydrogens (tertiary/aromatic N) is 4. The number of ether oxygens (including phenoxy) is 1. The number of hydrogen-bond donors (Lipinski definition) is 0. The van der Waals surface area contributed by atoms with Gasteiger partial charge in [0.15, 0.2) is 0 Å². The number of imidazole rings is 1. The highest BCUT2D eigenvalue weighted by molar-refractivity contribution is 8.22. The zero-order valence-corrected chi connectivity index (χ0v) is 13.8. The van der Waals surface area contributed by atoms with Crippen LogP contribution in [0, 0.1) is 13.8 Å². The molecule has 0 unspecified atom stereocenters. The van der Waals surface area contributed by atoms with E-state index in [1.807, 2.05) is 17.5 Å².